The number of fused-ring (bicyclic) bond motifs is 1. The van der Waals surface area contributed by atoms with Crippen LogP contribution in [0, 0.1) is 0 Å². The van der Waals surface area contributed by atoms with E-state index in [4.69, 9.17) is 5.73 Å². The van der Waals surface area contributed by atoms with E-state index in [1.165, 1.54) is 4.90 Å². The summed E-state index contributed by atoms with van der Waals surface area (Å²) >= 11 is 1.69. The number of benzene rings is 1. The summed E-state index contributed by atoms with van der Waals surface area (Å²) < 4.78 is 1.80. The van der Waals surface area contributed by atoms with Crippen LogP contribution in [0.5, 0.6) is 0 Å². The summed E-state index contributed by atoms with van der Waals surface area (Å²) in [6, 6.07) is 8.12. The zero-order valence-electron chi connectivity index (χ0n) is 10.6. The third-order valence-electron chi connectivity index (χ3n) is 2.92. The fourth-order valence-electron chi connectivity index (χ4n) is 1.99. The van der Waals surface area contributed by atoms with Crippen molar-refractivity contribution in [3.63, 3.8) is 0 Å². The lowest BCUT2D eigenvalue weighted by molar-refractivity contribution is 0.766. The van der Waals surface area contributed by atoms with Crippen LogP contribution in [0.2, 0.25) is 0 Å². The van der Waals surface area contributed by atoms with Crippen LogP contribution in [-0.4, -0.2) is 14.8 Å². The Morgan fingerprint density at radius 3 is 2.84 bits per heavy atom. The first kappa shape index (κ1) is 12.2. The van der Waals surface area contributed by atoms with E-state index in [1.54, 1.807) is 16.4 Å². The highest BCUT2D eigenvalue weighted by Crippen LogP contribution is 2.35. The highest BCUT2D eigenvalue weighted by Gasteiger charge is 2.10. The van der Waals surface area contributed by atoms with Crippen molar-refractivity contribution in [1.82, 2.24) is 14.8 Å². The number of para-hydroxylation sites is 1. The van der Waals surface area contributed by atoms with Gasteiger partial charge in [0.25, 0.3) is 0 Å². The molecule has 0 saturated carbocycles. The number of aromatic nitrogens is 3. The van der Waals surface area contributed by atoms with Gasteiger partial charge in [-0.05, 0) is 11.6 Å². The van der Waals surface area contributed by atoms with E-state index in [9.17, 15) is 0 Å². The molecule has 0 bridgehead atoms. The van der Waals surface area contributed by atoms with Crippen LogP contribution in [0.1, 0.15) is 5.56 Å². The van der Waals surface area contributed by atoms with Crippen LogP contribution in [0.15, 0.2) is 52.6 Å². The molecule has 0 radical (unpaired) electrons. The highest BCUT2D eigenvalue weighted by molar-refractivity contribution is 7.99. The fraction of sp³-hybridized carbons (Fsp3) is 0.143. The number of aryl methyl sites for hydroxylation is 1. The SMILES string of the molecule is Cn1cc(Sc2c(CN)cnc3ccccc23)cn1. The minimum atomic E-state index is 0.487. The minimum absolute atomic E-state index is 0.487. The maximum Gasteiger partial charge on any atom is 0.0713 e. The van der Waals surface area contributed by atoms with Gasteiger partial charge in [-0.15, -0.1) is 0 Å². The molecule has 2 heterocycles. The molecule has 0 spiro atoms. The number of hydrogen-bond donors (Lipinski definition) is 1. The average Bonchev–Trinajstić information content (AvgIpc) is 2.85. The van der Waals surface area contributed by atoms with E-state index in [0.717, 1.165) is 21.4 Å². The van der Waals surface area contributed by atoms with Crippen molar-refractivity contribution in [3.8, 4) is 0 Å². The third kappa shape index (κ3) is 2.34. The second kappa shape index (κ2) is 5.03. The summed E-state index contributed by atoms with van der Waals surface area (Å²) in [6.07, 6.45) is 5.72. The molecule has 2 N–H and O–H groups in total. The predicted molar refractivity (Wildman–Crippen MR) is 77.0 cm³/mol. The summed E-state index contributed by atoms with van der Waals surface area (Å²) in [7, 11) is 1.92. The molecule has 1 aromatic carbocycles. The molecule has 0 saturated heterocycles. The van der Waals surface area contributed by atoms with Gasteiger partial charge in [0.1, 0.15) is 0 Å². The number of rotatable bonds is 3. The number of nitrogens with two attached hydrogens (primary N) is 1. The Morgan fingerprint density at radius 1 is 1.26 bits per heavy atom. The molecule has 19 heavy (non-hydrogen) atoms. The lowest BCUT2D eigenvalue weighted by atomic mass is 10.1. The number of nitrogens with zero attached hydrogens (tertiary/aromatic N) is 3. The Labute approximate surface area is 115 Å². The molecule has 2 aromatic heterocycles. The van der Waals surface area contributed by atoms with Gasteiger partial charge in [-0.2, -0.15) is 5.10 Å². The monoisotopic (exact) mass is 270 g/mol. The lowest BCUT2D eigenvalue weighted by Crippen LogP contribution is -2.00. The van der Waals surface area contributed by atoms with Gasteiger partial charge >= 0.3 is 0 Å². The van der Waals surface area contributed by atoms with Crippen LogP contribution >= 0.6 is 11.8 Å². The highest BCUT2D eigenvalue weighted by atomic mass is 32.2. The van der Waals surface area contributed by atoms with Crippen LogP contribution in [-0.2, 0) is 13.6 Å². The molecule has 0 unspecified atom stereocenters. The predicted octanol–water partition coefficient (Wildman–Crippen LogP) is 2.58. The minimum Gasteiger partial charge on any atom is -0.326 e. The topological polar surface area (TPSA) is 56.7 Å². The van der Waals surface area contributed by atoms with E-state index < -0.39 is 0 Å². The van der Waals surface area contributed by atoms with E-state index >= 15 is 0 Å². The molecule has 0 amide bonds. The van der Waals surface area contributed by atoms with E-state index in [-0.39, 0.29) is 0 Å². The zero-order chi connectivity index (χ0) is 13.2. The normalized spacial score (nSPS) is 11.1. The van der Waals surface area contributed by atoms with Crippen LogP contribution < -0.4 is 5.73 Å². The number of pyridine rings is 1. The third-order valence-corrected chi connectivity index (χ3v) is 4.05. The van der Waals surface area contributed by atoms with Gasteiger partial charge in [-0.1, -0.05) is 30.0 Å². The largest absolute Gasteiger partial charge is 0.326 e. The fourth-order valence-corrected chi connectivity index (χ4v) is 3.08. The summed E-state index contributed by atoms with van der Waals surface area (Å²) in [6.45, 7) is 0.487. The van der Waals surface area contributed by atoms with Gasteiger partial charge < -0.3 is 5.73 Å². The molecule has 3 rings (SSSR count). The first-order valence-electron chi connectivity index (χ1n) is 6.01. The van der Waals surface area contributed by atoms with Crippen LogP contribution in [0.3, 0.4) is 0 Å². The Balaban J connectivity index is 2.14. The van der Waals surface area contributed by atoms with Crippen molar-refractivity contribution in [2.75, 3.05) is 0 Å². The van der Waals surface area contributed by atoms with Crippen molar-refractivity contribution in [2.24, 2.45) is 12.8 Å². The van der Waals surface area contributed by atoms with E-state index in [1.807, 2.05) is 43.8 Å². The van der Waals surface area contributed by atoms with Crippen molar-refractivity contribution in [2.45, 2.75) is 16.3 Å². The van der Waals surface area contributed by atoms with Gasteiger partial charge in [0.15, 0.2) is 0 Å². The Morgan fingerprint density at radius 2 is 2.11 bits per heavy atom. The Hall–Kier alpha value is -1.85. The molecule has 4 nitrogen and oxygen atoms in total. The Kier molecular flexibility index (Phi) is 3.23. The van der Waals surface area contributed by atoms with Gasteiger partial charge in [-0.25, -0.2) is 0 Å². The first-order valence-corrected chi connectivity index (χ1v) is 6.83. The summed E-state index contributed by atoms with van der Waals surface area (Å²) in [5.74, 6) is 0. The maximum atomic E-state index is 5.83. The summed E-state index contributed by atoms with van der Waals surface area (Å²) in [4.78, 5) is 6.72. The van der Waals surface area contributed by atoms with Crippen molar-refractivity contribution in [3.05, 3.63) is 48.4 Å². The quantitative estimate of drug-likeness (QED) is 0.794. The summed E-state index contributed by atoms with van der Waals surface area (Å²) in [5.41, 5.74) is 7.88. The van der Waals surface area contributed by atoms with Gasteiger partial charge in [-0.3, -0.25) is 9.67 Å². The standard InChI is InChI=1S/C14H14N4S/c1-18-9-11(8-17-18)19-14-10(6-15)7-16-13-5-3-2-4-12(13)14/h2-5,7-9H,6,15H2,1H3. The first-order chi connectivity index (χ1) is 9.28. The van der Waals surface area contributed by atoms with Crippen LogP contribution in [0.25, 0.3) is 10.9 Å². The van der Waals surface area contributed by atoms with Gasteiger partial charge in [0.2, 0.25) is 0 Å². The molecule has 5 heteroatoms. The van der Waals surface area contributed by atoms with E-state index in [0.29, 0.717) is 6.54 Å². The molecular weight excluding hydrogens is 256 g/mol. The smallest absolute Gasteiger partial charge is 0.0713 e. The molecule has 0 aliphatic heterocycles. The average molecular weight is 270 g/mol. The van der Waals surface area contributed by atoms with E-state index in [2.05, 4.69) is 16.1 Å². The second-order valence-electron chi connectivity index (χ2n) is 4.29. The Bertz CT molecular complexity index is 720. The molecule has 0 aliphatic rings. The molecule has 3 aromatic rings. The molecule has 0 atom stereocenters. The second-order valence-corrected chi connectivity index (χ2v) is 5.37. The lowest BCUT2D eigenvalue weighted by Gasteiger charge is -2.09. The molecule has 96 valence electrons. The maximum absolute atomic E-state index is 5.83. The zero-order valence-corrected chi connectivity index (χ0v) is 11.4. The summed E-state index contributed by atoms with van der Waals surface area (Å²) in [5, 5.41) is 5.34. The molecule has 0 fully saturated rings. The number of hydrogen-bond acceptors (Lipinski definition) is 4. The van der Waals surface area contributed by atoms with Gasteiger partial charge in [0, 0.05) is 36.3 Å². The van der Waals surface area contributed by atoms with Crippen LogP contribution in [0.4, 0.5) is 0 Å². The van der Waals surface area contributed by atoms with Gasteiger partial charge in [0.05, 0.1) is 16.6 Å². The van der Waals surface area contributed by atoms with Crippen molar-refractivity contribution < 1.29 is 0 Å². The van der Waals surface area contributed by atoms with Crippen molar-refractivity contribution >= 4 is 22.7 Å². The molecular formula is C14H14N4S. The van der Waals surface area contributed by atoms with Crippen molar-refractivity contribution in [1.29, 1.82) is 0 Å². The molecule has 0 aliphatic carbocycles.